The molecule has 1 aromatic carbocycles. The van der Waals surface area contributed by atoms with Crippen molar-refractivity contribution in [3.8, 4) is 0 Å². The number of aromatic nitrogens is 1. The first-order valence-corrected chi connectivity index (χ1v) is 9.05. The van der Waals surface area contributed by atoms with Gasteiger partial charge in [-0.3, -0.25) is 4.98 Å². The van der Waals surface area contributed by atoms with Crippen molar-refractivity contribution in [2.75, 3.05) is 26.9 Å². The molecule has 1 atom stereocenters. The van der Waals surface area contributed by atoms with E-state index in [1.165, 1.54) is 11.6 Å². The van der Waals surface area contributed by atoms with Crippen molar-refractivity contribution in [2.24, 2.45) is 11.7 Å². The molecular weight excluding hydrogens is 319 g/mol. The molecule has 1 aliphatic carbocycles. The Morgan fingerprint density at radius 2 is 2.00 bits per heavy atom. The monoisotopic (exact) mass is 346 g/mol. The van der Waals surface area contributed by atoms with Crippen LogP contribution in [-0.4, -0.2) is 38.0 Å². The van der Waals surface area contributed by atoms with Gasteiger partial charge >= 0.3 is 0 Å². The minimum absolute atomic E-state index is 0.0736. The van der Waals surface area contributed by atoms with Crippen molar-refractivity contribution >= 4 is 10.9 Å². The third-order valence-corrected chi connectivity index (χ3v) is 5.30. The van der Waals surface area contributed by atoms with Gasteiger partial charge in [0.05, 0.1) is 25.3 Å². The number of hydrogen-bond acceptors (Lipinski definition) is 4. The zero-order valence-corrected chi connectivity index (χ0v) is 14.8. The minimum Gasteiger partial charge on any atom is -0.382 e. The highest BCUT2D eigenvalue weighted by molar-refractivity contribution is 5.82. The third kappa shape index (κ3) is 4.54. The van der Waals surface area contributed by atoms with Crippen LogP contribution in [0.5, 0.6) is 0 Å². The Balaban J connectivity index is 1.60. The number of ether oxygens (including phenoxy) is 2. The molecule has 1 unspecified atom stereocenters. The van der Waals surface area contributed by atoms with E-state index < -0.39 is 0 Å². The van der Waals surface area contributed by atoms with E-state index in [1.807, 2.05) is 12.3 Å². The van der Waals surface area contributed by atoms with Gasteiger partial charge in [-0.1, -0.05) is 0 Å². The van der Waals surface area contributed by atoms with Crippen molar-refractivity contribution in [2.45, 2.75) is 37.6 Å². The maximum absolute atomic E-state index is 13.7. The van der Waals surface area contributed by atoms with Crippen LogP contribution in [0.25, 0.3) is 10.9 Å². The Kier molecular flexibility index (Phi) is 6.34. The average Bonchev–Trinajstić information content (AvgIpc) is 2.64. The lowest BCUT2D eigenvalue weighted by molar-refractivity contribution is 0.0518. The number of rotatable bonds is 7. The van der Waals surface area contributed by atoms with Crippen molar-refractivity contribution in [3.05, 3.63) is 41.8 Å². The van der Waals surface area contributed by atoms with Gasteiger partial charge in [0, 0.05) is 24.7 Å². The molecular formula is C20H27FN2O2. The molecule has 0 spiro atoms. The molecule has 0 amide bonds. The number of fused-ring (bicyclic) bond motifs is 1. The van der Waals surface area contributed by atoms with Crippen LogP contribution in [0.4, 0.5) is 4.39 Å². The van der Waals surface area contributed by atoms with Gasteiger partial charge in [0.2, 0.25) is 0 Å². The number of benzene rings is 1. The molecule has 1 fully saturated rings. The average molecular weight is 346 g/mol. The molecule has 1 aliphatic rings. The number of halogens is 1. The summed E-state index contributed by atoms with van der Waals surface area (Å²) in [6.45, 7) is 1.78. The van der Waals surface area contributed by atoms with E-state index >= 15 is 0 Å². The predicted molar refractivity (Wildman–Crippen MR) is 97.1 cm³/mol. The molecule has 0 bridgehead atoms. The summed E-state index contributed by atoms with van der Waals surface area (Å²) in [6, 6.07) is 6.95. The first-order valence-electron chi connectivity index (χ1n) is 9.05. The third-order valence-electron chi connectivity index (χ3n) is 5.30. The van der Waals surface area contributed by atoms with Crippen molar-refractivity contribution < 1.29 is 13.9 Å². The Hall–Kier alpha value is -1.56. The van der Waals surface area contributed by atoms with Gasteiger partial charge in [-0.2, -0.15) is 0 Å². The molecule has 25 heavy (non-hydrogen) atoms. The van der Waals surface area contributed by atoms with Gasteiger partial charge in [-0.05, 0) is 67.3 Å². The van der Waals surface area contributed by atoms with Gasteiger partial charge in [0.15, 0.2) is 0 Å². The van der Waals surface area contributed by atoms with Crippen LogP contribution in [0.3, 0.4) is 0 Å². The number of hydrogen-bond donors (Lipinski definition) is 1. The summed E-state index contributed by atoms with van der Waals surface area (Å²) < 4.78 is 24.2. The predicted octanol–water partition coefficient (Wildman–Crippen LogP) is 3.64. The highest BCUT2D eigenvalue weighted by Crippen LogP contribution is 2.39. The van der Waals surface area contributed by atoms with Gasteiger partial charge in [-0.25, -0.2) is 4.39 Å². The molecule has 1 heterocycles. The number of methoxy groups -OCH3 is 1. The maximum atomic E-state index is 13.7. The van der Waals surface area contributed by atoms with E-state index in [4.69, 9.17) is 15.2 Å². The second-order valence-corrected chi connectivity index (χ2v) is 6.90. The largest absolute Gasteiger partial charge is 0.382 e. The van der Waals surface area contributed by atoms with Gasteiger partial charge < -0.3 is 15.2 Å². The number of nitrogens with zero attached hydrogens (tertiary/aromatic N) is 1. The minimum atomic E-state index is -0.203. The molecule has 0 radical (unpaired) electrons. The van der Waals surface area contributed by atoms with Crippen LogP contribution >= 0.6 is 0 Å². The van der Waals surface area contributed by atoms with Gasteiger partial charge in [0.25, 0.3) is 0 Å². The van der Waals surface area contributed by atoms with Crippen LogP contribution in [0.1, 0.15) is 37.2 Å². The maximum Gasteiger partial charge on any atom is 0.123 e. The molecule has 136 valence electrons. The number of nitrogens with two attached hydrogens (primary N) is 1. The molecule has 2 N–H and O–H groups in total. The second kappa shape index (κ2) is 8.70. The summed E-state index contributed by atoms with van der Waals surface area (Å²) in [5.74, 6) is 0.736. The lowest BCUT2D eigenvalue weighted by Gasteiger charge is -2.32. The fraction of sp³-hybridized carbons (Fsp3) is 0.550. The summed E-state index contributed by atoms with van der Waals surface area (Å²) in [6.07, 6.45) is 6.15. The van der Waals surface area contributed by atoms with E-state index in [1.54, 1.807) is 19.2 Å². The molecule has 2 aromatic rings. The van der Waals surface area contributed by atoms with Gasteiger partial charge in [-0.15, -0.1) is 0 Å². The SMILES string of the molecule is COCCOCC(N)[C@H]1CC[C@@H](c2ccnc3ccc(F)cc32)CC1. The standard InChI is InChI=1S/C20H27FN2O2/c1-24-10-11-25-13-19(22)15-4-2-14(3-5-15)17-8-9-23-20-7-6-16(21)12-18(17)20/h6-9,12,14-15,19H,2-5,10-11,13,22H2,1H3/t14-,15+,19?. The molecule has 3 rings (SSSR count). The summed E-state index contributed by atoms with van der Waals surface area (Å²) in [5, 5.41) is 0.943. The van der Waals surface area contributed by atoms with Crippen LogP contribution < -0.4 is 5.73 Å². The molecule has 1 saturated carbocycles. The zero-order chi connectivity index (χ0) is 17.6. The highest BCUT2D eigenvalue weighted by atomic mass is 19.1. The smallest absolute Gasteiger partial charge is 0.123 e. The quantitative estimate of drug-likeness (QED) is 0.778. The van der Waals surface area contributed by atoms with E-state index in [0.29, 0.717) is 31.7 Å². The first-order chi connectivity index (χ1) is 12.2. The molecule has 4 nitrogen and oxygen atoms in total. The van der Waals surface area contributed by atoms with E-state index in [9.17, 15) is 4.39 Å². The fourth-order valence-electron chi connectivity index (χ4n) is 3.85. The number of pyridine rings is 1. The lowest BCUT2D eigenvalue weighted by Crippen LogP contribution is -2.37. The molecule has 0 saturated heterocycles. The van der Waals surface area contributed by atoms with E-state index in [2.05, 4.69) is 4.98 Å². The Morgan fingerprint density at radius 1 is 1.20 bits per heavy atom. The molecule has 1 aromatic heterocycles. The van der Waals surface area contributed by atoms with Gasteiger partial charge in [0.1, 0.15) is 5.82 Å². The first kappa shape index (κ1) is 18.2. The lowest BCUT2D eigenvalue weighted by atomic mass is 9.75. The van der Waals surface area contributed by atoms with E-state index in [-0.39, 0.29) is 11.9 Å². The summed E-state index contributed by atoms with van der Waals surface area (Å²) in [7, 11) is 1.67. The van der Waals surface area contributed by atoms with Crippen molar-refractivity contribution in [1.82, 2.24) is 4.98 Å². The van der Waals surface area contributed by atoms with Crippen molar-refractivity contribution in [3.63, 3.8) is 0 Å². The Labute approximate surface area is 148 Å². The van der Waals surface area contributed by atoms with Crippen LogP contribution in [0, 0.1) is 11.7 Å². The van der Waals surface area contributed by atoms with Crippen LogP contribution in [0.2, 0.25) is 0 Å². The van der Waals surface area contributed by atoms with Crippen molar-refractivity contribution in [1.29, 1.82) is 0 Å². The van der Waals surface area contributed by atoms with E-state index in [0.717, 1.165) is 36.6 Å². The normalized spacial score (nSPS) is 22.2. The Morgan fingerprint density at radius 3 is 2.76 bits per heavy atom. The van der Waals surface area contributed by atoms with Crippen LogP contribution in [0.15, 0.2) is 30.5 Å². The zero-order valence-electron chi connectivity index (χ0n) is 14.8. The van der Waals surface area contributed by atoms with Crippen LogP contribution in [-0.2, 0) is 9.47 Å². The summed E-state index contributed by atoms with van der Waals surface area (Å²) in [4.78, 5) is 4.36. The topological polar surface area (TPSA) is 57.4 Å². The summed E-state index contributed by atoms with van der Waals surface area (Å²) >= 11 is 0. The highest BCUT2D eigenvalue weighted by Gasteiger charge is 2.27. The Bertz CT molecular complexity index is 686. The summed E-state index contributed by atoms with van der Waals surface area (Å²) in [5.41, 5.74) is 8.38. The second-order valence-electron chi connectivity index (χ2n) is 6.90. The molecule has 5 heteroatoms. The molecule has 0 aliphatic heterocycles. The fourth-order valence-corrected chi connectivity index (χ4v) is 3.85.